The summed E-state index contributed by atoms with van der Waals surface area (Å²) in [5, 5.41) is 7.66. The molecule has 76 valence electrons. The van der Waals surface area contributed by atoms with Crippen molar-refractivity contribution < 1.29 is 11.0 Å². The second-order valence-corrected chi connectivity index (χ2v) is 2.85. The SMILES string of the molecule is O.O.[B]c1ccc(C(=N)CCC)cc1. The molecule has 0 aliphatic rings. The predicted molar refractivity (Wildman–Crippen MR) is 60.8 cm³/mol. The molecule has 14 heavy (non-hydrogen) atoms. The van der Waals surface area contributed by atoms with Crippen LogP contribution in [0.15, 0.2) is 24.3 Å². The van der Waals surface area contributed by atoms with Gasteiger partial charge >= 0.3 is 0 Å². The highest BCUT2D eigenvalue weighted by Gasteiger charge is 1.97. The van der Waals surface area contributed by atoms with Gasteiger partial charge in [0.1, 0.15) is 7.85 Å². The van der Waals surface area contributed by atoms with Gasteiger partial charge in [0.2, 0.25) is 0 Å². The molecule has 3 nitrogen and oxygen atoms in total. The average Bonchev–Trinajstić information content (AvgIpc) is 2.06. The standard InChI is InChI=1S/C10H12BN.2H2O/c1-2-3-10(12)8-4-6-9(11)7-5-8;;/h4-7,12H,2-3H2,1H3;2*1H2. The molecule has 0 amide bonds. The Morgan fingerprint density at radius 2 is 1.71 bits per heavy atom. The lowest BCUT2D eigenvalue weighted by molar-refractivity contribution is 0.823. The number of hydrogen-bond donors (Lipinski definition) is 1. The average molecular weight is 193 g/mol. The molecule has 5 N–H and O–H groups in total. The second-order valence-electron chi connectivity index (χ2n) is 2.85. The first-order chi connectivity index (χ1) is 5.74. The molecule has 2 radical (unpaired) electrons. The number of benzene rings is 1. The number of hydrogen-bond acceptors (Lipinski definition) is 1. The minimum absolute atomic E-state index is 0. The van der Waals surface area contributed by atoms with Crippen molar-refractivity contribution in [1.82, 2.24) is 0 Å². The van der Waals surface area contributed by atoms with E-state index in [1.165, 1.54) is 0 Å². The van der Waals surface area contributed by atoms with Gasteiger partial charge in [0.25, 0.3) is 0 Å². The van der Waals surface area contributed by atoms with E-state index in [0.717, 1.165) is 23.9 Å². The summed E-state index contributed by atoms with van der Waals surface area (Å²) in [5.74, 6) is 0. The van der Waals surface area contributed by atoms with E-state index in [1.54, 1.807) is 0 Å². The lowest BCUT2D eigenvalue weighted by atomic mass is 9.94. The van der Waals surface area contributed by atoms with E-state index in [1.807, 2.05) is 24.3 Å². The topological polar surface area (TPSA) is 86.8 Å². The minimum Gasteiger partial charge on any atom is -0.412 e. The molecule has 4 heteroatoms. The van der Waals surface area contributed by atoms with E-state index >= 15 is 0 Å². The van der Waals surface area contributed by atoms with Crippen molar-refractivity contribution >= 4 is 19.0 Å². The van der Waals surface area contributed by atoms with E-state index in [-0.39, 0.29) is 11.0 Å². The van der Waals surface area contributed by atoms with Gasteiger partial charge in [-0.1, -0.05) is 43.1 Å². The molecule has 1 aromatic rings. The van der Waals surface area contributed by atoms with Crippen LogP contribution < -0.4 is 5.46 Å². The fraction of sp³-hybridized carbons (Fsp3) is 0.300. The number of rotatable bonds is 3. The van der Waals surface area contributed by atoms with Crippen LogP contribution in [0.1, 0.15) is 25.3 Å². The van der Waals surface area contributed by atoms with E-state index in [4.69, 9.17) is 13.3 Å². The fourth-order valence-corrected chi connectivity index (χ4v) is 1.08. The molecule has 0 unspecified atom stereocenters. The second kappa shape index (κ2) is 7.29. The zero-order valence-electron chi connectivity index (χ0n) is 8.30. The summed E-state index contributed by atoms with van der Waals surface area (Å²) in [4.78, 5) is 0. The van der Waals surface area contributed by atoms with E-state index in [9.17, 15) is 0 Å². The maximum absolute atomic E-state index is 7.66. The summed E-state index contributed by atoms with van der Waals surface area (Å²) in [6.45, 7) is 2.08. The van der Waals surface area contributed by atoms with Gasteiger partial charge in [0.15, 0.2) is 0 Å². The largest absolute Gasteiger partial charge is 0.412 e. The van der Waals surface area contributed by atoms with Crippen molar-refractivity contribution in [3.8, 4) is 0 Å². The van der Waals surface area contributed by atoms with Crippen molar-refractivity contribution in [2.75, 3.05) is 0 Å². The minimum atomic E-state index is 0. The van der Waals surface area contributed by atoms with Crippen molar-refractivity contribution in [3.05, 3.63) is 29.8 Å². The van der Waals surface area contributed by atoms with Gasteiger partial charge in [-0.25, -0.2) is 0 Å². The molecular weight excluding hydrogens is 177 g/mol. The van der Waals surface area contributed by atoms with Crippen molar-refractivity contribution in [2.45, 2.75) is 19.8 Å². The van der Waals surface area contributed by atoms with Crippen LogP contribution in [-0.4, -0.2) is 24.5 Å². The van der Waals surface area contributed by atoms with Gasteiger partial charge in [0, 0.05) is 5.71 Å². The highest BCUT2D eigenvalue weighted by Crippen LogP contribution is 2.02. The quantitative estimate of drug-likeness (QED) is 0.517. The van der Waals surface area contributed by atoms with Crippen LogP contribution in [0.25, 0.3) is 0 Å². The van der Waals surface area contributed by atoms with Gasteiger partial charge in [0.05, 0.1) is 0 Å². The first kappa shape index (κ1) is 15.4. The first-order valence-corrected chi connectivity index (χ1v) is 4.17. The lowest BCUT2D eigenvalue weighted by Crippen LogP contribution is -2.04. The lowest BCUT2D eigenvalue weighted by Gasteiger charge is -2.01. The molecule has 0 saturated carbocycles. The Morgan fingerprint density at radius 3 is 2.14 bits per heavy atom. The van der Waals surface area contributed by atoms with Gasteiger partial charge in [-0.3, -0.25) is 0 Å². The molecule has 0 bridgehead atoms. The van der Waals surface area contributed by atoms with Crippen LogP contribution in [0.3, 0.4) is 0 Å². The Labute approximate surface area is 85.7 Å². The van der Waals surface area contributed by atoms with Crippen molar-refractivity contribution in [1.29, 1.82) is 5.41 Å². The number of nitrogens with one attached hydrogen (secondary N) is 1. The van der Waals surface area contributed by atoms with Crippen LogP contribution in [0.2, 0.25) is 0 Å². The van der Waals surface area contributed by atoms with Gasteiger partial charge in [-0.15, -0.1) is 0 Å². The highest BCUT2D eigenvalue weighted by atomic mass is 16.0. The van der Waals surface area contributed by atoms with Gasteiger partial charge in [-0.2, -0.15) is 0 Å². The molecule has 1 aromatic carbocycles. The Morgan fingerprint density at radius 1 is 1.21 bits per heavy atom. The Balaban J connectivity index is 0. The Bertz CT molecular complexity index is 272. The van der Waals surface area contributed by atoms with Gasteiger partial charge < -0.3 is 16.4 Å². The summed E-state index contributed by atoms with van der Waals surface area (Å²) in [6, 6.07) is 7.46. The molecule has 1 rings (SSSR count). The van der Waals surface area contributed by atoms with E-state index in [2.05, 4.69) is 6.92 Å². The molecule has 0 heterocycles. The zero-order chi connectivity index (χ0) is 8.97. The van der Waals surface area contributed by atoms with Crippen LogP contribution in [0, 0.1) is 5.41 Å². The van der Waals surface area contributed by atoms with Crippen LogP contribution in [-0.2, 0) is 0 Å². The van der Waals surface area contributed by atoms with E-state index in [0.29, 0.717) is 5.71 Å². The molecule has 0 atom stereocenters. The maximum atomic E-state index is 7.66. The van der Waals surface area contributed by atoms with Gasteiger partial charge in [-0.05, 0) is 12.0 Å². The monoisotopic (exact) mass is 193 g/mol. The zero-order valence-corrected chi connectivity index (χ0v) is 8.30. The van der Waals surface area contributed by atoms with Crippen LogP contribution >= 0.6 is 0 Å². The van der Waals surface area contributed by atoms with Crippen LogP contribution in [0.4, 0.5) is 0 Å². The summed E-state index contributed by atoms with van der Waals surface area (Å²) in [5.41, 5.74) is 2.42. The molecule has 0 aliphatic heterocycles. The molecular formula is C10H16BNO2. The normalized spacial score (nSPS) is 8.36. The molecule has 0 spiro atoms. The summed E-state index contributed by atoms with van der Waals surface area (Å²) in [7, 11) is 5.53. The highest BCUT2D eigenvalue weighted by molar-refractivity contribution is 6.32. The Hall–Kier alpha value is -1.13. The van der Waals surface area contributed by atoms with Crippen molar-refractivity contribution in [2.24, 2.45) is 0 Å². The van der Waals surface area contributed by atoms with Crippen molar-refractivity contribution in [3.63, 3.8) is 0 Å². The van der Waals surface area contributed by atoms with E-state index < -0.39 is 0 Å². The molecule has 0 saturated heterocycles. The third kappa shape index (κ3) is 4.21. The predicted octanol–water partition coefficient (Wildman–Crippen LogP) is -0.00103. The molecule has 0 fully saturated rings. The van der Waals surface area contributed by atoms with Crippen LogP contribution in [0.5, 0.6) is 0 Å². The Kier molecular flexibility index (Phi) is 8.00. The first-order valence-electron chi connectivity index (χ1n) is 4.17. The third-order valence-electron chi connectivity index (χ3n) is 1.76. The smallest absolute Gasteiger partial charge is 0.113 e. The third-order valence-corrected chi connectivity index (χ3v) is 1.76. The summed E-state index contributed by atoms with van der Waals surface area (Å²) in [6.07, 6.45) is 1.85. The molecule has 0 aromatic heterocycles. The summed E-state index contributed by atoms with van der Waals surface area (Å²) < 4.78 is 0. The summed E-state index contributed by atoms with van der Waals surface area (Å²) >= 11 is 0. The molecule has 0 aliphatic carbocycles. The maximum Gasteiger partial charge on any atom is 0.113 e. The fourth-order valence-electron chi connectivity index (χ4n) is 1.08.